The van der Waals surface area contributed by atoms with Gasteiger partial charge in [-0.3, -0.25) is 0 Å². The molecule has 82 valence electrons. The van der Waals surface area contributed by atoms with Gasteiger partial charge in [0, 0.05) is 13.7 Å². The van der Waals surface area contributed by atoms with Gasteiger partial charge in [-0.1, -0.05) is 11.6 Å². The molecule has 1 aromatic heterocycles. The predicted molar refractivity (Wildman–Crippen MR) is 57.5 cm³/mol. The molecule has 0 aromatic carbocycles. The monoisotopic (exact) mass is 248 g/mol. The van der Waals surface area contributed by atoms with Crippen LogP contribution < -0.4 is 4.90 Å². The number of likely N-dealkylation sites (N-methyl/N-ethyl adjacent to an activating group) is 1. The Morgan fingerprint density at radius 1 is 1.40 bits per heavy atom. The molecule has 1 unspecified atom stereocenters. The van der Waals surface area contributed by atoms with E-state index >= 15 is 0 Å². The largest absolute Gasteiger partial charge is 0.379 e. The van der Waals surface area contributed by atoms with E-state index in [2.05, 4.69) is 15.2 Å². The molecule has 0 aliphatic carbocycles. The summed E-state index contributed by atoms with van der Waals surface area (Å²) in [5.74, 6) is 0.548. The molecule has 7 heteroatoms. The van der Waals surface area contributed by atoms with Gasteiger partial charge in [0.25, 0.3) is 0 Å². The topological polar surface area (TPSA) is 51.1 Å². The molecule has 1 aromatic rings. The minimum absolute atomic E-state index is 0.0974. The van der Waals surface area contributed by atoms with Crippen LogP contribution in [0.1, 0.15) is 6.42 Å². The number of halogens is 2. The average molecular weight is 249 g/mol. The number of hydrogen-bond acceptors (Lipinski definition) is 5. The zero-order valence-electron chi connectivity index (χ0n) is 8.15. The summed E-state index contributed by atoms with van der Waals surface area (Å²) in [7, 11) is 1.89. The number of ether oxygens (including phenoxy) is 1. The van der Waals surface area contributed by atoms with E-state index in [1.165, 1.54) is 0 Å². The number of aromatic nitrogens is 3. The van der Waals surface area contributed by atoms with Crippen LogP contribution in [0.25, 0.3) is 0 Å². The van der Waals surface area contributed by atoms with Crippen LogP contribution in [0, 0.1) is 0 Å². The first-order valence-electron chi connectivity index (χ1n) is 4.55. The van der Waals surface area contributed by atoms with Gasteiger partial charge in [0.2, 0.25) is 5.28 Å². The molecule has 15 heavy (non-hydrogen) atoms. The Hall–Kier alpha value is -0.650. The van der Waals surface area contributed by atoms with Crippen LogP contribution in [0.5, 0.6) is 0 Å². The minimum Gasteiger partial charge on any atom is -0.379 e. The zero-order chi connectivity index (χ0) is 10.8. The lowest BCUT2D eigenvalue weighted by molar-refractivity contribution is 0.193. The Morgan fingerprint density at radius 3 is 2.87 bits per heavy atom. The normalized spacial score (nSPS) is 20.6. The summed E-state index contributed by atoms with van der Waals surface area (Å²) in [5.41, 5.74) is 0. The molecule has 5 nitrogen and oxygen atoms in total. The fraction of sp³-hybridized carbons (Fsp3) is 0.625. The lowest BCUT2D eigenvalue weighted by atomic mass is 10.2. The highest BCUT2D eigenvalue weighted by Gasteiger charge is 2.23. The Labute approximate surface area is 97.4 Å². The summed E-state index contributed by atoms with van der Waals surface area (Å²) in [6.07, 6.45) is 0.953. The Kier molecular flexibility index (Phi) is 3.23. The average Bonchev–Trinajstić information content (AvgIpc) is 2.74. The molecule has 1 aliphatic heterocycles. The van der Waals surface area contributed by atoms with Gasteiger partial charge in [-0.15, -0.1) is 10.2 Å². The summed E-state index contributed by atoms with van der Waals surface area (Å²) < 4.78 is 5.29. The lowest BCUT2D eigenvalue weighted by Crippen LogP contribution is -2.33. The van der Waals surface area contributed by atoms with Crippen LogP contribution in [0.3, 0.4) is 0 Å². The third-order valence-corrected chi connectivity index (χ3v) is 2.80. The molecule has 2 rings (SSSR count). The summed E-state index contributed by atoms with van der Waals surface area (Å²) in [6, 6.07) is 0.273. The minimum atomic E-state index is 0.0974. The summed E-state index contributed by atoms with van der Waals surface area (Å²) in [5, 5.41) is 7.63. The number of anilines is 1. The molecule has 1 atom stereocenters. The number of rotatable bonds is 2. The standard InChI is InChI=1S/C8H10Cl2N4O/c1-14(5-2-3-15-4-5)7-6(9)12-13-8(10)11-7/h5H,2-4H2,1H3. The molecule has 0 N–H and O–H groups in total. The maximum absolute atomic E-state index is 5.89. The third kappa shape index (κ3) is 2.30. The first kappa shape index (κ1) is 10.9. The zero-order valence-corrected chi connectivity index (χ0v) is 9.66. The smallest absolute Gasteiger partial charge is 0.245 e. The van der Waals surface area contributed by atoms with Crippen molar-refractivity contribution in [2.75, 3.05) is 25.2 Å². The van der Waals surface area contributed by atoms with Crippen molar-refractivity contribution in [3.8, 4) is 0 Å². The van der Waals surface area contributed by atoms with Crippen LogP contribution >= 0.6 is 23.2 Å². The van der Waals surface area contributed by atoms with Crippen molar-refractivity contribution in [1.82, 2.24) is 15.2 Å². The summed E-state index contributed by atoms with van der Waals surface area (Å²) >= 11 is 11.6. The second-order valence-corrected chi connectivity index (χ2v) is 4.02. The maximum atomic E-state index is 5.89. The molecule has 1 aliphatic rings. The van der Waals surface area contributed by atoms with E-state index in [0.29, 0.717) is 12.4 Å². The molecule has 1 saturated heterocycles. The van der Waals surface area contributed by atoms with Crippen molar-refractivity contribution in [3.05, 3.63) is 10.4 Å². The SMILES string of the molecule is CN(c1nc(Cl)nnc1Cl)C1CCOC1. The molecular weight excluding hydrogens is 239 g/mol. The molecule has 0 bridgehead atoms. The van der Waals surface area contributed by atoms with E-state index in [1.54, 1.807) is 0 Å². The molecule has 1 fully saturated rings. The van der Waals surface area contributed by atoms with Crippen molar-refractivity contribution >= 4 is 29.0 Å². The van der Waals surface area contributed by atoms with Crippen LogP contribution in [0.15, 0.2) is 0 Å². The summed E-state index contributed by atoms with van der Waals surface area (Å²) in [4.78, 5) is 5.97. The number of nitrogens with zero attached hydrogens (tertiary/aromatic N) is 4. The van der Waals surface area contributed by atoms with Gasteiger partial charge >= 0.3 is 0 Å². The Balaban J connectivity index is 2.23. The van der Waals surface area contributed by atoms with Crippen molar-refractivity contribution in [1.29, 1.82) is 0 Å². The Bertz CT molecular complexity index is 356. The highest BCUT2D eigenvalue weighted by molar-refractivity contribution is 6.32. The molecule has 2 heterocycles. The fourth-order valence-corrected chi connectivity index (χ4v) is 1.84. The second kappa shape index (κ2) is 4.47. The van der Waals surface area contributed by atoms with Gasteiger partial charge in [0.1, 0.15) is 0 Å². The van der Waals surface area contributed by atoms with Crippen molar-refractivity contribution in [2.24, 2.45) is 0 Å². The van der Waals surface area contributed by atoms with Gasteiger partial charge in [0.15, 0.2) is 11.0 Å². The van der Waals surface area contributed by atoms with E-state index in [4.69, 9.17) is 27.9 Å². The molecule has 0 spiro atoms. The fourth-order valence-electron chi connectivity index (χ4n) is 1.51. The first-order chi connectivity index (χ1) is 7.18. The quantitative estimate of drug-likeness (QED) is 0.793. The van der Waals surface area contributed by atoms with E-state index < -0.39 is 0 Å². The first-order valence-corrected chi connectivity index (χ1v) is 5.30. The highest BCUT2D eigenvalue weighted by Crippen LogP contribution is 2.24. The van der Waals surface area contributed by atoms with Gasteiger partial charge in [-0.25, -0.2) is 0 Å². The van der Waals surface area contributed by atoms with Crippen molar-refractivity contribution < 1.29 is 4.74 Å². The predicted octanol–water partition coefficient (Wildman–Crippen LogP) is 1.40. The second-order valence-electron chi connectivity index (χ2n) is 3.32. The molecular formula is C8H10Cl2N4O. The molecule has 0 saturated carbocycles. The van der Waals surface area contributed by atoms with Gasteiger partial charge in [0.05, 0.1) is 12.6 Å². The van der Waals surface area contributed by atoms with Gasteiger partial charge < -0.3 is 9.64 Å². The third-order valence-electron chi connectivity index (χ3n) is 2.39. The van der Waals surface area contributed by atoms with Crippen molar-refractivity contribution in [2.45, 2.75) is 12.5 Å². The summed E-state index contributed by atoms with van der Waals surface area (Å²) in [6.45, 7) is 1.44. The van der Waals surface area contributed by atoms with Crippen LogP contribution in [0.2, 0.25) is 10.4 Å². The lowest BCUT2D eigenvalue weighted by Gasteiger charge is -2.24. The molecule has 0 amide bonds. The molecule has 0 radical (unpaired) electrons. The highest BCUT2D eigenvalue weighted by atomic mass is 35.5. The van der Waals surface area contributed by atoms with E-state index in [-0.39, 0.29) is 16.5 Å². The van der Waals surface area contributed by atoms with Crippen LogP contribution in [-0.2, 0) is 4.74 Å². The number of hydrogen-bond donors (Lipinski definition) is 0. The van der Waals surface area contributed by atoms with E-state index in [0.717, 1.165) is 13.0 Å². The van der Waals surface area contributed by atoms with Crippen LogP contribution in [-0.4, -0.2) is 41.5 Å². The van der Waals surface area contributed by atoms with Gasteiger partial charge in [-0.2, -0.15) is 4.98 Å². The van der Waals surface area contributed by atoms with Crippen molar-refractivity contribution in [3.63, 3.8) is 0 Å². The van der Waals surface area contributed by atoms with E-state index in [9.17, 15) is 0 Å². The van der Waals surface area contributed by atoms with E-state index in [1.807, 2.05) is 11.9 Å². The van der Waals surface area contributed by atoms with Crippen LogP contribution in [0.4, 0.5) is 5.82 Å². The Morgan fingerprint density at radius 2 is 2.20 bits per heavy atom. The maximum Gasteiger partial charge on any atom is 0.245 e. The van der Waals surface area contributed by atoms with Gasteiger partial charge in [-0.05, 0) is 18.0 Å².